The molecule has 0 atom stereocenters. The molecule has 1 N–H and O–H groups in total. The second-order valence-electron chi connectivity index (χ2n) is 8.70. The lowest BCUT2D eigenvalue weighted by Crippen LogP contribution is -2.35. The van der Waals surface area contributed by atoms with Crippen molar-refractivity contribution in [2.45, 2.75) is 45.6 Å². The molecule has 8 nitrogen and oxygen atoms in total. The van der Waals surface area contributed by atoms with Gasteiger partial charge >= 0.3 is 0 Å². The van der Waals surface area contributed by atoms with Gasteiger partial charge in [0, 0.05) is 50.1 Å². The smallest absolute Gasteiger partial charge is 0.225 e. The van der Waals surface area contributed by atoms with Crippen LogP contribution >= 0.6 is 11.3 Å². The van der Waals surface area contributed by atoms with Crippen LogP contribution in [0.5, 0.6) is 5.75 Å². The number of aromatic nitrogens is 2. The average molecular weight is 492 g/mol. The maximum atomic E-state index is 12.8. The van der Waals surface area contributed by atoms with Crippen molar-refractivity contribution >= 4 is 28.2 Å². The van der Waals surface area contributed by atoms with Gasteiger partial charge in [-0.15, -0.1) is 11.3 Å². The number of thiophene rings is 1. The lowest BCUT2D eigenvalue weighted by atomic mass is 10.0. The van der Waals surface area contributed by atoms with Crippen molar-refractivity contribution < 1.29 is 14.3 Å². The zero-order valence-corrected chi connectivity index (χ0v) is 21.1. The molecule has 0 unspecified atom stereocenters. The highest BCUT2D eigenvalue weighted by Crippen LogP contribution is 2.37. The minimum absolute atomic E-state index is 0.0724. The highest BCUT2D eigenvalue weighted by molar-refractivity contribution is 7.16. The van der Waals surface area contributed by atoms with Crippen LogP contribution in [-0.4, -0.2) is 39.9 Å². The summed E-state index contributed by atoms with van der Waals surface area (Å²) >= 11 is 1.40. The van der Waals surface area contributed by atoms with Gasteiger partial charge in [-0.3, -0.25) is 9.59 Å². The first-order valence-corrected chi connectivity index (χ1v) is 12.4. The molecule has 0 bridgehead atoms. The first-order chi connectivity index (χ1) is 16.9. The van der Waals surface area contributed by atoms with E-state index in [-0.39, 0.29) is 18.2 Å². The van der Waals surface area contributed by atoms with Crippen molar-refractivity contribution in [1.29, 1.82) is 5.26 Å². The Kier molecular flexibility index (Phi) is 7.51. The summed E-state index contributed by atoms with van der Waals surface area (Å²) in [4.78, 5) is 32.6. The molecule has 0 spiro atoms. The highest BCUT2D eigenvalue weighted by atomic mass is 32.1. The molecule has 0 saturated carbocycles. The van der Waals surface area contributed by atoms with Crippen molar-refractivity contribution in [2.24, 2.45) is 7.05 Å². The van der Waals surface area contributed by atoms with Crippen LogP contribution < -0.4 is 10.1 Å². The fraction of sp³-hybridized carbons (Fsp3) is 0.385. The van der Waals surface area contributed by atoms with Gasteiger partial charge in [-0.25, -0.2) is 4.98 Å². The normalized spacial score (nSPS) is 12.7. The predicted octanol–water partition coefficient (Wildman–Crippen LogP) is 3.76. The zero-order valence-electron chi connectivity index (χ0n) is 20.3. The Balaban J connectivity index is 1.38. The molecular formula is C26H29N5O3S. The molecule has 0 saturated heterocycles. The van der Waals surface area contributed by atoms with Crippen LogP contribution in [0.3, 0.4) is 0 Å². The van der Waals surface area contributed by atoms with Gasteiger partial charge in [0.15, 0.2) is 0 Å². The van der Waals surface area contributed by atoms with Crippen LogP contribution in [0.2, 0.25) is 0 Å². The number of nitriles is 1. The predicted molar refractivity (Wildman–Crippen MR) is 134 cm³/mol. The number of ether oxygens (including phenoxy) is 1. The first-order valence-electron chi connectivity index (χ1n) is 11.6. The summed E-state index contributed by atoms with van der Waals surface area (Å²) in [6.45, 7) is 3.04. The molecule has 0 fully saturated rings. The van der Waals surface area contributed by atoms with Gasteiger partial charge in [0.05, 0.1) is 19.2 Å². The third-order valence-electron chi connectivity index (χ3n) is 6.32. The quantitative estimate of drug-likeness (QED) is 0.517. The number of anilines is 1. The van der Waals surface area contributed by atoms with Crippen molar-refractivity contribution in [1.82, 2.24) is 14.5 Å². The molecule has 1 aliphatic heterocycles. The number of benzene rings is 1. The number of imidazole rings is 1. The van der Waals surface area contributed by atoms with E-state index in [1.807, 2.05) is 47.8 Å². The van der Waals surface area contributed by atoms with E-state index in [1.165, 1.54) is 11.3 Å². The number of carbonyl (C=O) groups is 2. The Labute approximate surface area is 209 Å². The zero-order chi connectivity index (χ0) is 24.9. The Hall–Kier alpha value is -3.64. The SMILES string of the molecule is COc1ccc(C)cc1CCC(=O)Nc1sc2c(c1C#N)CCN(C(=O)CCc1nccn1C)C2. The van der Waals surface area contributed by atoms with E-state index in [1.54, 1.807) is 13.3 Å². The third-order valence-corrected chi connectivity index (χ3v) is 7.45. The summed E-state index contributed by atoms with van der Waals surface area (Å²) < 4.78 is 7.33. The second kappa shape index (κ2) is 10.7. The maximum absolute atomic E-state index is 12.8. The number of fused-ring (bicyclic) bond motifs is 1. The summed E-state index contributed by atoms with van der Waals surface area (Å²) in [5.41, 5.74) is 3.55. The summed E-state index contributed by atoms with van der Waals surface area (Å²) in [6, 6.07) is 8.17. The van der Waals surface area contributed by atoms with E-state index < -0.39 is 0 Å². The molecule has 2 aromatic heterocycles. The van der Waals surface area contributed by atoms with Crippen LogP contribution in [0.1, 0.15) is 45.8 Å². The summed E-state index contributed by atoms with van der Waals surface area (Å²) in [5, 5.41) is 13.3. The lowest BCUT2D eigenvalue weighted by molar-refractivity contribution is -0.132. The molecule has 1 aliphatic rings. The topological polar surface area (TPSA) is 100 Å². The Morgan fingerprint density at radius 3 is 2.83 bits per heavy atom. The standard InChI is InChI=1S/C26H29N5O3S/c1-17-4-6-21(34-3)18(14-17)5-8-24(32)29-26-20(15-27)19-10-12-31(16-22(19)35-26)25(33)9-7-23-28-11-13-30(23)2/h4,6,11,13-14H,5,7-10,12,16H2,1-3H3,(H,29,32). The Bertz CT molecular complexity index is 1290. The number of rotatable bonds is 8. The van der Waals surface area contributed by atoms with Gasteiger partial charge in [0.25, 0.3) is 0 Å². The minimum atomic E-state index is -0.147. The summed E-state index contributed by atoms with van der Waals surface area (Å²) in [7, 11) is 3.54. The fourth-order valence-electron chi connectivity index (χ4n) is 4.38. The largest absolute Gasteiger partial charge is 0.496 e. The second-order valence-corrected chi connectivity index (χ2v) is 9.81. The number of carbonyl (C=O) groups excluding carboxylic acids is 2. The van der Waals surface area contributed by atoms with Gasteiger partial charge in [0.1, 0.15) is 22.6 Å². The first kappa shape index (κ1) is 24.5. The van der Waals surface area contributed by atoms with Gasteiger partial charge in [-0.05, 0) is 37.0 Å². The van der Waals surface area contributed by atoms with Gasteiger partial charge in [-0.2, -0.15) is 5.26 Å². The molecule has 4 rings (SSSR count). The van der Waals surface area contributed by atoms with Crippen molar-refractivity contribution in [3.05, 3.63) is 63.5 Å². The monoisotopic (exact) mass is 491 g/mol. The van der Waals surface area contributed by atoms with Crippen LogP contribution in [0, 0.1) is 18.3 Å². The van der Waals surface area contributed by atoms with E-state index >= 15 is 0 Å². The van der Waals surface area contributed by atoms with E-state index in [9.17, 15) is 14.9 Å². The number of hydrogen-bond acceptors (Lipinski definition) is 6. The van der Waals surface area contributed by atoms with E-state index in [0.717, 1.165) is 33.1 Å². The van der Waals surface area contributed by atoms with Gasteiger partial charge in [0.2, 0.25) is 11.8 Å². The number of aryl methyl sites for hydroxylation is 4. The molecule has 0 radical (unpaired) electrons. The number of nitrogens with one attached hydrogen (secondary N) is 1. The van der Waals surface area contributed by atoms with Crippen LogP contribution in [0.15, 0.2) is 30.6 Å². The van der Waals surface area contributed by atoms with Crippen molar-refractivity contribution in [2.75, 3.05) is 19.0 Å². The van der Waals surface area contributed by atoms with Crippen LogP contribution in [0.25, 0.3) is 0 Å². The molecule has 0 aliphatic carbocycles. The maximum Gasteiger partial charge on any atom is 0.225 e. The van der Waals surface area contributed by atoms with Gasteiger partial charge in [-0.1, -0.05) is 17.7 Å². The lowest BCUT2D eigenvalue weighted by Gasteiger charge is -2.27. The Morgan fingerprint density at radius 1 is 1.29 bits per heavy atom. The van der Waals surface area contributed by atoms with E-state index in [4.69, 9.17) is 4.74 Å². The molecule has 182 valence electrons. The molecule has 3 heterocycles. The number of hydrogen-bond donors (Lipinski definition) is 1. The molecule has 35 heavy (non-hydrogen) atoms. The number of methoxy groups -OCH3 is 1. The molecule has 2 amide bonds. The molecule has 3 aromatic rings. The van der Waals surface area contributed by atoms with E-state index in [0.29, 0.717) is 49.3 Å². The summed E-state index contributed by atoms with van der Waals surface area (Å²) in [6.07, 6.45) is 6.02. The minimum Gasteiger partial charge on any atom is -0.496 e. The average Bonchev–Trinajstić information content (AvgIpc) is 3.42. The number of amides is 2. The van der Waals surface area contributed by atoms with Crippen LogP contribution in [0.4, 0.5) is 5.00 Å². The summed E-state index contributed by atoms with van der Waals surface area (Å²) in [5.74, 6) is 1.57. The van der Waals surface area contributed by atoms with E-state index in [2.05, 4.69) is 16.4 Å². The molecule has 1 aromatic carbocycles. The number of nitrogens with zero attached hydrogens (tertiary/aromatic N) is 4. The van der Waals surface area contributed by atoms with Gasteiger partial charge < -0.3 is 19.5 Å². The highest BCUT2D eigenvalue weighted by Gasteiger charge is 2.27. The van der Waals surface area contributed by atoms with Crippen molar-refractivity contribution in [3.63, 3.8) is 0 Å². The van der Waals surface area contributed by atoms with Crippen molar-refractivity contribution in [3.8, 4) is 11.8 Å². The molecule has 9 heteroatoms. The Morgan fingerprint density at radius 2 is 2.11 bits per heavy atom. The van der Waals surface area contributed by atoms with Crippen LogP contribution in [-0.2, 0) is 42.4 Å². The fourth-order valence-corrected chi connectivity index (χ4v) is 5.61. The third kappa shape index (κ3) is 5.54. The molecular weight excluding hydrogens is 462 g/mol.